The number of nitrogens with one attached hydrogen (secondary N) is 4. The van der Waals surface area contributed by atoms with Crippen molar-refractivity contribution in [3.05, 3.63) is 0 Å². The monoisotopic (exact) mass is 814 g/mol. The minimum atomic E-state index is -0.696. The van der Waals surface area contributed by atoms with Crippen LogP contribution in [0.2, 0.25) is 0 Å². The van der Waals surface area contributed by atoms with Crippen LogP contribution in [0.3, 0.4) is 0 Å². The summed E-state index contributed by atoms with van der Waals surface area (Å²) in [4.78, 5) is 69.3. The lowest BCUT2D eigenvalue weighted by Crippen LogP contribution is -2.32. The van der Waals surface area contributed by atoms with Gasteiger partial charge in [0.25, 0.3) is 0 Å². The van der Waals surface area contributed by atoms with Crippen LogP contribution in [0.25, 0.3) is 0 Å². The predicted octanol–water partition coefficient (Wildman–Crippen LogP) is 2.28. The summed E-state index contributed by atoms with van der Waals surface area (Å²) >= 11 is 0. The minimum absolute atomic E-state index is 0.0346. The summed E-state index contributed by atoms with van der Waals surface area (Å²) in [6.07, 6.45) is 19.9. The average molecular weight is 814 g/mol. The fraction of sp³-hybridized carbons (Fsp3) is 0.850. The number of carboxylic acid groups (broad SMARTS) is 1. The van der Waals surface area contributed by atoms with Gasteiger partial charge in [0.15, 0.2) is 7.85 Å². The van der Waals surface area contributed by atoms with E-state index in [0.717, 1.165) is 51.4 Å². The molecule has 0 fully saturated rings. The topological polar surface area (TPSA) is 234 Å². The van der Waals surface area contributed by atoms with E-state index in [1.165, 1.54) is 59.2 Å². The zero-order chi connectivity index (χ0) is 42.0. The molecule has 0 saturated heterocycles. The number of amides is 4. The van der Waals surface area contributed by atoms with Crippen LogP contribution in [-0.2, 0) is 47.7 Å². The van der Waals surface area contributed by atoms with E-state index < -0.39 is 12.0 Å². The number of unbranched alkanes of at least 4 members (excludes halogenated alkanes) is 14. The van der Waals surface area contributed by atoms with E-state index in [1.807, 2.05) is 0 Å². The normalized spacial score (nSPS) is 11.5. The number of carboxylic acids is 1. The van der Waals surface area contributed by atoms with Gasteiger partial charge in [-0.3, -0.25) is 24.0 Å². The molecule has 0 aliphatic heterocycles. The van der Waals surface area contributed by atoms with E-state index >= 15 is 0 Å². The molecular formula is C40H76BN5O11. The maximum absolute atomic E-state index is 12.1. The van der Waals surface area contributed by atoms with Crippen LogP contribution in [0.15, 0.2) is 0 Å². The Labute approximate surface area is 342 Å². The molecule has 4 amide bonds. The highest BCUT2D eigenvalue weighted by molar-refractivity contribution is 6.59. The van der Waals surface area contributed by atoms with Gasteiger partial charge in [-0.25, -0.2) is 0 Å². The Balaban J connectivity index is 3.39. The first-order valence-electron chi connectivity index (χ1n) is 21.5. The number of ether oxygens (including phenoxy) is 4. The molecule has 0 unspecified atom stereocenters. The Morgan fingerprint density at radius 3 is 1.28 bits per heavy atom. The molecule has 0 aliphatic rings. The van der Waals surface area contributed by atoms with Crippen LogP contribution in [0, 0.1) is 0 Å². The molecule has 0 rings (SSSR count). The largest absolute Gasteiger partial charge is 0.481 e. The third kappa shape index (κ3) is 42.3. The number of aliphatic carboxylic acids is 1. The lowest BCUT2D eigenvalue weighted by Gasteiger charge is -2.09. The predicted molar refractivity (Wildman–Crippen MR) is 221 cm³/mol. The summed E-state index contributed by atoms with van der Waals surface area (Å²) in [5, 5.41) is 19.7. The molecule has 0 bridgehead atoms. The lowest BCUT2D eigenvalue weighted by atomic mass is 9.92. The minimum Gasteiger partial charge on any atom is -0.481 e. The summed E-state index contributed by atoms with van der Waals surface area (Å²) in [5.74, 6) is -1.26. The van der Waals surface area contributed by atoms with Crippen LogP contribution < -0.4 is 27.0 Å². The summed E-state index contributed by atoms with van der Waals surface area (Å²) in [6.45, 7) is 3.13. The fourth-order valence-electron chi connectivity index (χ4n) is 5.65. The second-order valence-electron chi connectivity index (χ2n) is 14.4. The number of rotatable bonds is 43. The average Bonchev–Trinajstić information content (AvgIpc) is 3.17. The quantitative estimate of drug-likeness (QED) is 0.0385. The molecular weight excluding hydrogens is 737 g/mol. The SMILES string of the molecule is BC(=O)[C@@H](N)CCCCNC(=O)COCCOCCNC(=O)COCCOCCNC(=O)CCCNC(=O)CCCCCCCCCCCCCCCCC(=O)O. The van der Waals surface area contributed by atoms with Gasteiger partial charge in [0.05, 0.1) is 51.4 Å². The zero-order valence-electron chi connectivity index (χ0n) is 35.0. The summed E-state index contributed by atoms with van der Waals surface area (Å²) < 4.78 is 21.4. The molecule has 0 aromatic heterocycles. The molecule has 1 atom stereocenters. The van der Waals surface area contributed by atoms with Crippen LogP contribution in [0.1, 0.15) is 135 Å². The lowest BCUT2D eigenvalue weighted by molar-refractivity contribution is -0.137. The van der Waals surface area contributed by atoms with Crippen molar-refractivity contribution in [2.75, 3.05) is 79.0 Å². The van der Waals surface area contributed by atoms with Gasteiger partial charge >= 0.3 is 5.97 Å². The van der Waals surface area contributed by atoms with Gasteiger partial charge in [-0.2, -0.15) is 0 Å². The highest BCUT2D eigenvalue weighted by Crippen LogP contribution is 2.14. The van der Waals surface area contributed by atoms with Crippen molar-refractivity contribution in [2.45, 2.75) is 141 Å². The van der Waals surface area contributed by atoms with Gasteiger partial charge in [0, 0.05) is 45.4 Å². The third-order valence-corrected chi connectivity index (χ3v) is 9.08. The van der Waals surface area contributed by atoms with Crippen molar-refractivity contribution in [1.82, 2.24) is 21.3 Å². The molecule has 0 saturated carbocycles. The molecule has 57 heavy (non-hydrogen) atoms. The Kier molecular flexibility index (Phi) is 38.8. The molecule has 0 aliphatic carbocycles. The van der Waals surface area contributed by atoms with Crippen molar-refractivity contribution in [1.29, 1.82) is 0 Å². The van der Waals surface area contributed by atoms with E-state index in [9.17, 15) is 28.8 Å². The van der Waals surface area contributed by atoms with E-state index in [-0.39, 0.29) is 69.0 Å². The highest BCUT2D eigenvalue weighted by Gasteiger charge is 2.08. The van der Waals surface area contributed by atoms with Crippen molar-refractivity contribution in [2.24, 2.45) is 5.73 Å². The first-order valence-corrected chi connectivity index (χ1v) is 21.5. The number of hydrogen-bond donors (Lipinski definition) is 6. The van der Waals surface area contributed by atoms with Crippen molar-refractivity contribution >= 4 is 43.1 Å². The Morgan fingerprint density at radius 2 is 0.807 bits per heavy atom. The van der Waals surface area contributed by atoms with E-state index in [4.69, 9.17) is 29.8 Å². The zero-order valence-corrected chi connectivity index (χ0v) is 35.0. The van der Waals surface area contributed by atoms with E-state index in [2.05, 4.69) is 21.3 Å². The summed E-state index contributed by atoms with van der Waals surface area (Å²) in [7, 11) is 1.47. The molecule has 16 nitrogen and oxygen atoms in total. The summed E-state index contributed by atoms with van der Waals surface area (Å²) in [5.41, 5.74) is 5.64. The highest BCUT2D eigenvalue weighted by atomic mass is 16.5. The van der Waals surface area contributed by atoms with Gasteiger partial charge in [-0.15, -0.1) is 0 Å². The van der Waals surface area contributed by atoms with Gasteiger partial charge in [0.1, 0.15) is 13.2 Å². The van der Waals surface area contributed by atoms with E-state index in [1.54, 1.807) is 0 Å². The van der Waals surface area contributed by atoms with Gasteiger partial charge < -0.3 is 55.8 Å². The van der Waals surface area contributed by atoms with Crippen LogP contribution in [0.5, 0.6) is 0 Å². The second kappa shape index (κ2) is 41.1. The van der Waals surface area contributed by atoms with Gasteiger partial charge in [-0.05, 0) is 38.5 Å². The number of carbonyl (C=O) groups is 6. The second-order valence-corrected chi connectivity index (χ2v) is 14.4. The molecule has 7 N–H and O–H groups in total. The van der Waals surface area contributed by atoms with Crippen LogP contribution in [-0.4, -0.2) is 133 Å². The Hall–Kier alpha value is -3.12. The molecule has 0 heterocycles. The number of carbonyl (C=O) groups excluding carboxylic acids is 5. The molecule has 17 heteroatoms. The Bertz CT molecular complexity index is 1060. The summed E-state index contributed by atoms with van der Waals surface area (Å²) in [6, 6.07) is -0.440. The smallest absolute Gasteiger partial charge is 0.303 e. The first-order chi connectivity index (χ1) is 27.6. The third-order valence-electron chi connectivity index (χ3n) is 9.08. The number of nitrogens with two attached hydrogens (primary N) is 1. The van der Waals surface area contributed by atoms with Crippen molar-refractivity contribution in [3.8, 4) is 0 Å². The fourth-order valence-corrected chi connectivity index (χ4v) is 5.65. The number of hydrogen-bond acceptors (Lipinski definition) is 11. The molecule has 0 aromatic carbocycles. The van der Waals surface area contributed by atoms with Gasteiger partial charge in [0.2, 0.25) is 23.6 Å². The standard InChI is InChI=1S/C40H76BN5O11/c41-40(53)34(42)18-15-16-22-44-37(49)32-56-30-29-55-27-25-46-38(50)33-57-31-28-54-26-24-45-36(48)20-17-23-43-35(47)19-13-11-9-7-5-3-1-2-4-6-8-10-12-14-21-39(51)52/h34H,1-33,41-42H2,(H,43,47)(H,44,49)(H,45,48)(H,46,50)(H,51,52)/t34-/m0/s1. The van der Waals surface area contributed by atoms with Crippen molar-refractivity contribution in [3.63, 3.8) is 0 Å². The van der Waals surface area contributed by atoms with Crippen LogP contribution >= 0.6 is 0 Å². The molecule has 0 aromatic rings. The Morgan fingerprint density at radius 1 is 0.439 bits per heavy atom. The van der Waals surface area contributed by atoms with E-state index in [0.29, 0.717) is 71.5 Å². The molecule has 330 valence electrons. The maximum Gasteiger partial charge on any atom is 0.303 e. The van der Waals surface area contributed by atoms with Gasteiger partial charge in [-0.1, -0.05) is 77.0 Å². The van der Waals surface area contributed by atoms with Crippen molar-refractivity contribution < 1.29 is 52.8 Å². The molecule has 0 radical (unpaired) electrons. The maximum atomic E-state index is 12.1. The molecule has 0 spiro atoms. The first kappa shape index (κ1) is 53.9. The van der Waals surface area contributed by atoms with Crippen LogP contribution in [0.4, 0.5) is 0 Å².